The lowest BCUT2D eigenvalue weighted by Gasteiger charge is -2.12. The summed E-state index contributed by atoms with van der Waals surface area (Å²) >= 11 is 0. The minimum absolute atomic E-state index is 0.00575. The number of ether oxygens (including phenoxy) is 2. The number of hydrogen-bond acceptors (Lipinski definition) is 5. The van der Waals surface area contributed by atoms with Crippen LogP contribution in [-0.2, 0) is 19.1 Å². The average Bonchev–Trinajstić information content (AvgIpc) is 2.49. The van der Waals surface area contributed by atoms with Crippen molar-refractivity contribution in [2.75, 3.05) is 40.0 Å². The summed E-state index contributed by atoms with van der Waals surface area (Å²) in [5.74, 6) is 0.165. The number of Topliss-reactive ketones (excluding diaryl/α,β-unsaturated/α-hetero) is 1. The largest absolute Gasteiger partial charge is 0.379 e. The number of nitrogens with one attached hydrogen (secondary N) is 2. The Morgan fingerprint density at radius 2 is 1.73 bits per heavy atom. The fourth-order valence-electron chi connectivity index (χ4n) is 1.97. The Morgan fingerprint density at radius 1 is 1.05 bits per heavy atom. The van der Waals surface area contributed by atoms with Gasteiger partial charge in [-0.05, 0) is 39.7 Å². The highest BCUT2D eigenvalue weighted by molar-refractivity contribution is 5.81. The first-order chi connectivity index (χ1) is 10.6. The van der Waals surface area contributed by atoms with Crippen LogP contribution in [0.5, 0.6) is 0 Å². The summed E-state index contributed by atoms with van der Waals surface area (Å²) < 4.78 is 10.6. The highest BCUT2D eigenvalue weighted by Crippen LogP contribution is 2.01. The minimum atomic E-state index is -0.0703. The Labute approximate surface area is 134 Å². The molecule has 1 unspecified atom stereocenters. The van der Waals surface area contributed by atoms with Crippen LogP contribution in [0.3, 0.4) is 0 Å². The van der Waals surface area contributed by atoms with E-state index in [0.29, 0.717) is 32.8 Å². The van der Waals surface area contributed by atoms with Crippen LogP contribution in [0.25, 0.3) is 0 Å². The molecule has 0 spiro atoms. The number of carbonyl (C=O) groups excluding carboxylic acids is 2. The van der Waals surface area contributed by atoms with Gasteiger partial charge >= 0.3 is 0 Å². The van der Waals surface area contributed by atoms with Crippen LogP contribution in [0, 0.1) is 0 Å². The molecule has 0 aliphatic carbocycles. The van der Waals surface area contributed by atoms with Crippen LogP contribution in [0.2, 0.25) is 0 Å². The van der Waals surface area contributed by atoms with E-state index in [1.807, 2.05) is 0 Å². The van der Waals surface area contributed by atoms with Crippen molar-refractivity contribution in [1.82, 2.24) is 10.6 Å². The molecule has 0 saturated heterocycles. The molecular formula is C16H32N2O4. The zero-order valence-corrected chi connectivity index (χ0v) is 14.3. The van der Waals surface area contributed by atoms with E-state index in [1.165, 1.54) is 0 Å². The number of hydrogen-bond donors (Lipinski definition) is 2. The number of likely N-dealkylation sites (N-methyl/N-ethyl adjacent to an activating group) is 1. The van der Waals surface area contributed by atoms with E-state index < -0.39 is 0 Å². The second-order valence-electron chi connectivity index (χ2n) is 5.27. The van der Waals surface area contributed by atoms with Crippen LogP contribution in [0.15, 0.2) is 0 Å². The van der Waals surface area contributed by atoms with E-state index in [0.717, 1.165) is 32.3 Å². The molecule has 1 amide bonds. The van der Waals surface area contributed by atoms with Crippen LogP contribution >= 0.6 is 0 Å². The van der Waals surface area contributed by atoms with E-state index in [1.54, 1.807) is 14.0 Å². The molecule has 6 nitrogen and oxygen atoms in total. The Balaban J connectivity index is 3.37. The molecule has 0 saturated carbocycles. The molecule has 0 radical (unpaired) electrons. The first-order valence-electron chi connectivity index (χ1n) is 8.21. The molecule has 0 aromatic heterocycles. The summed E-state index contributed by atoms with van der Waals surface area (Å²) in [6, 6.07) is -0.0703. The van der Waals surface area contributed by atoms with Gasteiger partial charge < -0.3 is 20.1 Å². The van der Waals surface area contributed by atoms with Gasteiger partial charge in [-0.1, -0.05) is 6.92 Å². The Hall–Kier alpha value is -0.980. The van der Waals surface area contributed by atoms with Gasteiger partial charge in [0.05, 0.1) is 25.9 Å². The van der Waals surface area contributed by atoms with E-state index in [-0.39, 0.29) is 17.7 Å². The van der Waals surface area contributed by atoms with Crippen molar-refractivity contribution in [2.24, 2.45) is 0 Å². The Morgan fingerprint density at radius 3 is 2.32 bits per heavy atom. The molecule has 22 heavy (non-hydrogen) atoms. The van der Waals surface area contributed by atoms with Crippen LogP contribution in [0.1, 0.15) is 46.0 Å². The highest BCUT2D eigenvalue weighted by Gasteiger charge is 2.10. The SMILES string of the molecule is CCCOCCOCCC(=O)NCCCCC(NC)C(C)=O. The van der Waals surface area contributed by atoms with E-state index in [2.05, 4.69) is 17.6 Å². The molecular weight excluding hydrogens is 284 g/mol. The van der Waals surface area contributed by atoms with Gasteiger partial charge in [-0.3, -0.25) is 9.59 Å². The molecule has 0 aromatic rings. The van der Waals surface area contributed by atoms with Crippen LogP contribution in [0.4, 0.5) is 0 Å². The van der Waals surface area contributed by atoms with Crippen molar-refractivity contribution < 1.29 is 19.1 Å². The molecule has 130 valence electrons. The maximum Gasteiger partial charge on any atom is 0.222 e. The van der Waals surface area contributed by atoms with Crippen molar-refractivity contribution >= 4 is 11.7 Å². The normalized spacial score (nSPS) is 12.1. The summed E-state index contributed by atoms with van der Waals surface area (Å²) in [5, 5.41) is 5.85. The lowest BCUT2D eigenvalue weighted by atomic mass is 10.1. The van der Waals surface area contributed by atoms with Crippen LogP contribution < -0.4 is 10.6 Å². The zero-order chi connectivity index (χ0) is 16.6. The van der Waals surface area contributed by atoms with Crippen molar-refractivity contribution in [2.45, 2.75) is 52.0 Å². The first-order valence-corrected chi connectivity index (χ1v) is 8.21. The maximum absolute atomic E-state index is 11.6. The number of amides is 1. The molecule has 0 heterocycles. The lowest BCUT2D eigenvalue weighted by Crippen LogP contribution is -2.32. The molecule has 2 N–H and O–H groups in total. The Kier molecular flexibility index (Phi) is 14.3. The summed E-state index contributed by atoms with van der Waals surface area (Å²) in [5.41, 5.74) is 0. The summed E-state index contributed by atoms with van der Waals surface area (Å²) in [4.78, 5) is 22.8. The quantitative estimate of drug-likeness (QED) is 0.445. The lowest BCUT2D eigenvalue weighted by molar-refractivity contribution is -0.122. The first kappa shape index (κ1) is 21.0. The Bertz CT molecular complexity index is 298. The fraction of sp³-hybridized carbons (Fsp3) is 0.875. The topological polar surface area (TPSA) is 76.7 Å². The number of ketones is 1. The number of rotatable bonds is 15. The van der Waals surface area contributed by atoms with Gasteiger partial charge in [0.25, 0.3) is 0 Å². The van der Waals surface area contributed by atoms with Crippen molar-refractivity contribution in [1.29, 1.82) is 0 Å². The van der Waals surface area contributed by atoms with E-state index in [4.69, 9.17) is 9.47 Å². The second kappa shape index (κ2) is 14.9. The van der Waals surface area contributed by atoms with Gasteiger partial charge in [0.1, 0.15) is 5.78 Å². The van der Waals surface area contributed by atoms with Gasteiger partial charge in [0, 0.05) is 19.6 Å². The third-order valence-corrected chi connectivity index (χ3v) is 3.27. The molecule has 0 aromatic carbocycles. The second-order valence-corrected chi connectivity index (χ2v) is 5.27. The molecule has 0 rings (SSSR count). The maximum atomic E-state index is 11.6. The summed E-state index contributed by atoms with van der Waals surface area (Å²) in [6.45, 7) is 6.59. The van der Waals surface area contributed by atoms with Gasteiger partial charge in [-0.15, -0.1) is 0 Å². The molecule has 6 heteroatoms. The van der Waals surface area contributed by atoms with Gasteiger partial charge in [0.15, 0.2) is 0 Å². The van der Waals surface area contributed by atoms with Crippen LogP contribution in [-0.4, -0.2) is 57.8 Å². The fourth-order valence-corrected chi connectivity index (χ4v) is 1.97. The van der Waals surface area contributed by atoms with Crippen molar-refractivity contribution in [3.05, 3.63) is 0 Å². The minimum Gasteiger partial charge on any atom is -0.379 e. The van der Waals surface area contributed by atoms with Gasteiger partial charge in [0.2, 0.25) is 5.91 Å². The van der Waals surface area contributed by atoms with Crippen molar-refractivity contribution in [3.63, 3.8) is 0 Å². The highest BCUT2D eigenvalue weighted by atomic mass is 16.5. The third-order valence-electron chi connectivity index (χ3n) is 3.27. The predicted molar refractivity (Wildman–Crippen MR) is 86.9 cm³/mol. The van der Waals surface area contributed by atoms with E-state index >= 15 is 0 Å². The van der Waals surface area contributed by atoms with Gasteiger partial charge in [-0.2, -0.15) is 0 Å². The van der Waals surface area contributed by atoms with E-state index in [9.17, 15) is 9.59 Å². The molecule has 1 atom stereocenters. The standard InChI is InChI=1S/C16H32N2O4/c1-4-10-21-12-13-22-11-8-16(20)18-9-6-5-7-15(17-3)14(2)19/h15,17H,4-13H2,1-3H3,(H,18,20). The number of carbonyl (C=O) groups is 2. The third kappa shape index (κ3) is 12.7. The number of unbranched alkanes of at least 4 members (excludes halogenated alkanes) is 1. The molecule has 0 aliphatic heterocycles. The smallest absolute Gasteiger partial charge is 0.222 e. The predicted octanol–water partition coefficient (Wildman–Crippen LogP) is 1.28. The monoisotopic (exact) mass is 316 g/mol. The molecule has 0 fully saturated rings. The molecule has 0 bridgehead atoms. The zero-order valence-electron chi connectivity index (χ0n) is 14.3. The molecule has 0 aliphatic rings. The average molecular weight is 316 g/mol. The summed E-state index contributed by atoms with van der Waals surface area (Å²) in [6.07, 6.45) is 3.98. The summed E-state index contributed by atoms with van der Waals surface area (Å²) in [7, 11) is 1.79. The van der Waals surface area contributed by atoms with Crippen molar-refractivity contribution in [3.8, 4) is 0 Å². The van der Waals surface area contributed by atoms with Gasteiger partial charge in [-0.25, -0.2) is 0 Å².